The predicted molar refractivity (Wildman–Crippen MR) is 109 cm³/mol. The minimum atomic E-state index is -0.496. The van der Waals surface area contributed by atoms with E-state index in [-0.39, 0.29) is 12.0 Å². The minimum Gasteiger partial charge on any atom is -0.444 e. The molecule has 9 heteroatoms. The van der Waals surface area contributed by atoms with Crippen LogP contribution >= 0.6 is 0 Å². The van der Waals surface area contributed by atoms with Crippen LogP contribution in [0, 0.1) is 0 Å². The van der Waals surface area contributed by atoms with Crippen molar-refractivity contribution in [3.05, 3.63) is 30.6 Å². The second-order valence-electron chi connectivity index (χ2n) is 7.63. The van der Waals surface area contributed by atoms with E-state index in [9.17, 15) is 4.79 Å². The van der Waals surface area contributed by atoms with E-state index in [0.717, 1.165) is 11.5 Å². The van der Waals surface area contributed by atoms with Gasteiger partial charge in [0.2, 0.25) is 5.95 Å². The molecule has 0 bridgehead atoms. The van der Waals surface area contributed by atoms with Crippen molar-refractivity contribution in [2.24, 2.45) is 0 Å². The quantitative estimate of drug-likeness (QED) is 0.859. The van der Waals surface area contributed by atoms with Crippen molar-refractivity contribution in [1.82, 2.24) is 19.9 Å². The van der Waals surface area contributed by atoms with Crippen LogP contribution in [0.15, 0.2) is 30.6 Å². The maximum Gasteiger partial charge on any atom is 0.410 e. The highest BCUT2D eigenvalue weighted by molar-refractivity contribution is 5.73. The highest BCUT2D eigenvalue weighted by atomic mass is 16.6. The molecule has 1 aliphatic rings. The lowest BCUT2D eigenvalue weighted by atomic mass is 10.2. The molecule has 150 valence electrons. The number of amides is 1. The van der Waals surface area contributed by atoms with Crippen molar-refractivity contribution in [3.63, 3.8) is 0 Å². The molecule has 1 saturated heterocycles. The lowest BCUT2D eigenvalue weighted by Gasteiger charge is -2.37. The van der Waals surface area contributed by atoms with Crippen molar-refractivity contribution in [2.45, 2.75) is 26.4 Å². The van der Waals surface area contributed by atoms with Gasteiger partial charge < -0.3 is 25.2 Å². The first kappa shape index (κ1) is 19.7. The van der Waals surface area contributed by atoms with Crippen molar-refractivity contribution < 1.29 is 9.53 Å². The topological polar surface area (TPSA) is 101 Å². The third-order valence-corrected chi connectivity index (χ3v) is 4.36. The van der Waals surface area contributed by atoms with Crippen LogP contribution in [0.25, 0.3) is 0 Å². The van der Waals surface area contributed by atoms with Crippen molar-refractivity contribution in [2.75, 3.05) is 48.8 Å². The first-order chi connectivity index (χ1) is 13.2. The smallest absolute Gasteiger partial charge is 0.410 e. The van der Waals surface area contributed by atoms with E-state index in [2.05, 4.69) is 19.9 Å². The summed E-state index contributed by atoms with van der Waals surface area (Å²) in [7, 11) is 1.92. The van der Waals surface area contributed by atoms with Crippen LogP contribution in [0.2, 0.25) is 0 Å². The molecule has 0 radical (unpaired) electrons. The Balaban J connectivity index is 1.73. The number of anilines is 4. The summed E-state index contributed by atoms with van der Waals surface area (Å²) in [5, 5.41) is 0. The SMILES string of the molecule is CN(c1ccnc(N)n1)c1cccnc1N1CCN(C(=O)OC(C)(C)C)CC1. The van der Waals surface area contributed by atoms with E-state index < -0.39 is 5.60 Å². The number of aromatic nitrogens is 3. The summed E-state index contributed by atoms with van der Waals surface area (Å²) in [5.74, 6) is 1.75. The molecule has 9 nitrogen and oxygen atoms in total. The molecule has 0 aliphatic carbocycles. The maximum absolute atomic E-state index is 12.3. The summed E-state index contributed by atoms with van der Waals surface area (Å²) < 4.78 is 5.47. The van der Waals surface area contributed by atoms with Gasteiger partial charge in [-0.3, -0.25) is 0 Å². The Hall–Kier alpha value is -3.10. The Kier molecular flexibility index (Phi) is 5.53. The van der Waals surface area contributed by atoms with Crippen LogP contribution in [-0.4, -0.2) is 64.8 Å². The number of nitrogen functional groups attached to an aromatic ring is 1. The summed E-state index contributed by atoms with van der Waals surface area (Å²) in [4.78, 5) is 30.9. The number of piperazine rings is 1. The Morgan fingerprint density at radius 2 is 1.86 bits per heavy atom. The standard InChI is InChI=1S/C19H27N7O2/c1-19(2,3)28-18(27)26-12-10-25(11-13-26)16-14(6-5-8-21-16)24(4)15-7-9-22-17(20)23-15/h5-9H,10-13H2,1-4H3,(H2,20,22,23). The molecule has 1 fully saturated rings. The van der Waals surface area contributed by atoms with E-state index in [4.69, 9.17) is 10.5 Å². The van der Waals surface area contributed by atoms with Gasteiger partial charge in [-0.1, -0.05) is 0 Å². The van der Waals surface area contributed by atoms with Gasteiger partial charge in [-0.05, 0) is 39.0 Å². The zero-order valence-electron chi connectivity index (χ0n) is 16.8. The van der Waals surface area contributed by atoms with E-state index in [1.165, 1.54) is 0 Å². The van der Waals surface area contributed by atoms with Crippen molar-refractivity contribution in [3.8, 4) is 0 Å². The van der Waals surface area contributed by atoms with Crippen LogP contribution in [0.1, 0.15) is 20.8 Å². The number of hydrogen-bond acceptors (Lipinski definition) is 8. The Morgan fingerprint density at radius 3 is 2.50 bits per heavy atom. The van der Waals surface area contributed by atoms with Crippen LogP contribution < -0.4 is 15.5 Å². The van der Waals surface area contributed by atoms with Crippen LogP contribution in [0.3, 0.4) is 0 Å². The number of carbonyl (C=O) groups excluding carboxylic acids is 1. The third-order valence-electron chi connectivity index (χ3n) is 4.36. The number of ether oxygens (including phenoxy) is 1. The molecule has 1 amide bonds. The van der Waals surface area contributed by atoms with E-state index >= 15 is 0 Å². The zero-order chi connectivity index (χ0) is 20.3. The fourth-order valence-electron chi connectivity index (χ4n) is 3.00. The summed E-state index contributed by atoms with van der Waals surface area (Å²) in [6.45, 7) is 8.11. The van der Waals surface area contributed by atoms with Gasteiger partial charge in [0.05, 0.1) is 5.69 Å². The molecule has 3 rings (SSSR count). The van der Waals surface area contributed by atoms with Crippen molar-refractivity contribution >= 4 is 29.4 Å². The first-order valence-electron chi connectivity index (χ1n) is 9.25. The van der Waals surface area contributed by atoms with Crippen LogP contribution in [0.4, 0.5) is 28.1 Å². The van der Waals surface area contributed by atoms with Gasteiger partial charge in [-0.15, -0.1) is 0 Å². The summed E-state index contributed by atoms with van der Waals surface area (Å²) in [6, 6.07) is 5.67. The van der Waals surface area contributed by atoms with Gasteiger partial charge in [0, 0.05) is 45.6 Å². The summed E-state index contributed by atoms with van der Waals surface area (Å²) in [5.41, 5.74) is 6.13. The number of pyridine rings is 1. The molecule has 1 aliphatic heterocycles. The minimum absolute atomic E-state index is 0.223. The fraction of sp³-hybridized carbons (Fsp3) is 0.474. The first-order valence-corrected chi connectivity index (χ1v) is 9.25. The zero-order valence-corrected chi connectivity index (χ0v) is 16.8. The average molecular weight is 385 g/mol. The highest BCUT2D eigenvalue weighted by Gasteiger charge is 2.27. The molecule has 2 aromatic heterocycles. The van der Waals surface area contributed by atoms with Crippen LogP contribution in [-0.2, 0) is 4.74 Å². The molecule has 28 heavy (non-hydrogen) atoms. The summed E-state index contributed by atoms with van der Waals surface area (Å²) in [6.07, 6.45) is 3.12. The number of nitrogens with two attached hydrogens (primary N) is 1. The van der Waals surface area contributed by atoms with Gasteiger partial charge in [-0.25, -0.2) is 14.8 Å². The van der Waals surface area contributed by atoms with Gasteiger partial charge in [0.1, 0.15) is 11.4 Å². The second-order valence-corrected chi connectivity index (χ2v) is 7.63. The molecule has 0 spiro atoms. The Bertz CT molecular complexity index is 829. The molecular weight excluding hydrogens is 358 g/mol. The molecule has 0 saturated carbocycles. The van der Waals surface area contributed by atoms with E-state index in [0.29, 0.717) is 32.0 Å². The lowest BCUT2D eigenvalue weighted by Crippen LogP contribution is -2.50. The number of nitrogens with zero attached hydrogens (tertiary/aromatic N) is 6. The molecule has 0 atom stereocenters. The Labute approximate surface area is 165 Å². The largest absolute Gasteiger partial charge is 0.444 e. The fourth-order valence-corrected chi connectivity index (χ4v) is 3.00. The normalized spacial score (nSPS) is 14.7. The maximum atomic E-state index is 12.3. The number of rotatable bonds is 3. The molecular formula is C19H27N7O2. The number of carbonyl (C=O) groups is 1. The Morgan fingerprint density at radius 1 is 1.14 bits per heavy atom. The molecule has 3 heterocycles. The van der Waals surface area contributed by atoms with Crippen LogP contribution in [0.5, 0.6) is 0 Å². The van der Waals surface area contributed by atoms with Gasteiger partial charge >= 0.3 is 6.09 Å². The van der Waals surface area contributed by atoms with Gasteiger partial charge in [0.25, 0.3) is 0 Å². The second kappa shape index (κ2) is 7.87. The molecule has 0 aromatic carbocycles. The van der Waals surface area contributed by atoms with E-state index in [1.54, 1.807) is 23.4 Å². The average Bonchev–Trinajstić information content (AvgIpc) is 2.66. The van der Waals surface area contributed by atoms with Crippen molar-refractivity contribution in [1.29, 1.82) is 0 Å². The van der Waals surface area contributed by atoms with E-state index in [1.807, 2.05) is 44.9 Å². The highest BCUT2D eigenvalue weighted by Crippen LogP contribution is 2.31. The third kappa shape index (κ3) is 4.59. The predicted octanol–water partition coefficient (Wildman–Crippen LogP) is 2.28. The molecule has 0 unspecified atom stereocenters. The lowest BCUT2D eigenvalue weighted by molar-refractivity contribution is 0.0240. The monoisotopic (exact) mass is 385 g/mol. The molecule has 2 aromatic rings. The number of hydrogen-bond donors (Lipinski definition) is 1. The summed E-state index contributed by atoms with van der Waals surface area (Å²) >= 11 is 0. The van der Waals surface area contributed by atoms with Gasteiger partial charge in [-0.2, -0.15) is 4.98 Å². The van der Waals surface area contributed by atoms with Gasteiger partial charge in [0.15, 0.2) is 5.82 Å². The molecule has 2 N–H and O–H groups in total.